The van der Waals surface area contributed by atoms with Crippen LogP contribution in [0, 0.1) is 11.8 Å². The highest BCUT2D eigenvalue weighted by Gasteiger charge is 2.20. The molecule has 1 aliphatic rings. The molecule has 0 aromatic heterocycles. The first-order valence-corrected chi connectivity index (χ1v) is 8.43. The van der Waals surface area contributed by atoms with E-state index in [0.717, 1.165) is 18.4 Å². The highest BCUT2D eigenvalue weighted by molar-refractivity contribution is 5.75. The Labute approximate surface area is 139 Å². The second kappa shape index (κ2) is 8.16. The largest absolute Gasteiger partial charge is 0.396 e. The summed E-state index contributed by atoms with van der Waals surface area (Å²) in [4.78, 5) is 12.1. The van der Waals surface area contributed by atoms with Crippen LogP contribution in [0.4, 0.5) is 4.79 Å². The molecule has 3 atom stereocenters. The lowest BCUT2D eigenvalue weighted by Gasteiger charge is -2.18. The van der Waals surface area contributed by atoms with Crippen LogP contribution >= 0.6 is 0 Å². The molecule has 1 aliphatic carbocycles. The number of aliphatic hydroxyl groups is 1. The molecule has 1 aromatic carbocycles. The van der Waals surface area contributed by atoms with Crippen molar-refractivity contribution in [1.29, 1.82) is 0 Å². The van der Waals surface area contributed by atoms with Crippen molar-refractivity contribution >= 4 is 6.03 Å². The number of hydrogen-bond donors (Lipinski definition) is 3. The Morgan fingerprint density at radius 2 is 1.91 bits per heavy atom. The second-order valence-electron chi connectivity index (χ2n) is 6.85. The van der Waals surface area contributed by atoms with Crippen molar-refractivity contribution in [1.82, 2.24) is 10.6 Å². The minimum absolute atomic E-state index is 0.00719. The van der Waals surface area contributed by atoms with E-state index in [2.05, 4.69) is 48.7 Å². The fourth-order valence-corrected chi connectivity index (χ4v) is 2.92. The van der Waals surface area contributed by atoms with Gasteiger partial charge in [0.25, 0.3) is 0 Å². The first-order chi connectivity index (χ1) is 11.0. The average Bonchev–Trinajstić information content (AvgIpc) is 2.94. The molecule has 0 bridgehead atoms. The van der Waals surface area contributed by atoms with Crippen LogP contribution in [0.15, 0.2) is 36.4 Å². The Bertz CT molecular complexity index is 537. The summed E-state index contributed by atoms with van der Waals surface area (Å²) in [6, 6.07) is 8.24. The summed E-state index contributed by atoms with van der Waals surface area (Å²) in [5.74, 6) is 0.801. The minimum atomic E-state index is -0.169. The SMILES string of the molecule is CC(C)Cc1ccc(C(C)NC(=O)N[C@@H]2C=C[C@H](CO)C2)cc1. The van der Waals surface area contributed by atoms with Gasteiger partial charge in [0.1, 0.15) is 0 Å². The van der Waals surface area contributed by atoms with Crippen molar-refractivity contribution in [2.24, 2.45) is 11.8 Å². The maximum absolute atomic E-state index is 12.1. The predicted octanol–water partition coefficient (Wildman–Crippen LogP) is 3.18. The molecule has 0 spiro atoms. The first-order valence-electron chi connectivity index (χ1n) is 8.43. The van der Waals surface area contributed by atoms with Crippen LogP contribution in [0.3, 0.4) is 0 Å². The van der Waals surface area contributed by atoms with Gasteiger partial charge in [0, 0.05) is 18.6 Å². The normalized spacial score (nSPS) is 21.4. The molecule has 0 fully saturated rings. The Kier molecular flexibility index (Phi) is 6.22. The van der Waals surface area contributed by atoms with E-state index >= 15 is 0 Å². The molecule has 2 amide bonds. The molecule has 0 radical (unpaired) electrons. The molecule has 0 saturated heterocycles. The third kappa shape index (κ3) is 5.39. The first kappa shape index (κ1) is 17.5. The molecule has 1 unspecified atom stereocenters. The van der Waals surface area contributed by atoms with Gasteiger partial charge in [-0.1, -0.05) is 50.3 Å². The Morgan fingerprint density at radius 1 is 1.22 bits per heavy atom. The molecule has 1 aromatic rings. The van der Waals surface area contributed by atoms with Crippen LogP contribution in [0.2, 0.25) is 0 Å². The van der Waals surface area contributed by atoms with Crippen LogP contribution in [-0.4, -0.2) is 23.8 Å². The lowest BCUT2D eigenvalue weighted by Crippen LogP contribution is -2.41. The summed E-state index contributed by atoms with van der Waals surface area (Å²) < 4.78 is 0. The number of carbonyl (C=O) groups is 1. The van der Waals surface area contributed by atoms with Gasteiger partial charge in [0.2, 0.25) is 0 Å². The third-order valence-corrected chi connectivity index (χ3v) is 4.19. The monoisotopic (exact) mass is 316 g/mol. The molecule has 126 valence electrons. The van der Waals surface area contributed by atoms with Crippen molar-refractivity contribution in [3.05, 3.63) is 47.5 Å². The van der Waals surface area contributed by atoms with E-state index in [9.17, 15) is 4.79 Å². The molecule has 4 nitrogen and oxygen atoms in total. The van der Waals surface area contributed by atoms with Gasteiger partial charge in [-0.2, -0.15) is 0 Å². The zero-order valence-corrected chi connectivity index (χ0v) is 14.3. The van der Waals surface area contributed by atoms with Gasteiger partial charge < -0.3 is 15.7 Å². The fraction of sp³-hybridized carbons (Fsp3) is 0.526. The van der Waals surface area contributed by atoms with Crippen molar-refractivity contribution < 1.29 is 9.90 Å². The lowest BCUT2D eigenvalue weighted by molar-refractivity contribution is 0.229. The summed E-state index contributed by atoms with van der Waals surface area (Å²) in [5.41, 5.74) is 2.43. The van der Waals surface area contributed by atoms with E-state index < -0.39 is 0 Å². The van der Waals surface area contributed by atoms with E-state index in [1.54, 1.807) is 0 Å². The van der Waals surface area contributed by atoms with Gasteiger partial charge in [-0.05, 0) is 36.8 Å². The van der Waals surface area contributed by atoms with Crippen molar-refractivity contribution in [3.8, 4) is 0 Å². The number of carbonyl (C=O) groups excluding carboxylic acids is 1. The molecule has 2 rings (SSSR count). The Hall–Kier alpha value is -1.81. The van der Waals surface area contributed by atoms with E-state index in [0.29, 0.717) is 5.92 Å². The van der Waals surface area contributed by atoms with Crippen molar-refractivity contribution in [2.75, 3.05) is 6.61 Å². The summed E-state index contributed by atoms with van der Waals surface area (Å²) in [6.45, 7) is 6.54. The molecule has 3 N–H and O–H groups in total. The quantitative estimate of drug-likeness (QED) is 0.706. The summed E-state index contributed by atoms with van der Waals surface area (Å²) in [7, 11) is 0. The molecule has 4 heteroatoms. The third-order valence-electron chi connectivity index (χ3n) is 4.19. The molecule has 0 saturated carbocycles. The molecular formula is C19H28N2O2. The van der Waals surface area contributed by atoms with E-state index in [1.165, 1.54) is 5.56 Å². The van der Waals surface area contributed by atoms with Gasteiger partial charge >= 0.3 is 6.03 Å². The van der Waals surface area contributed by atoms with E-state index in [1.807, 2.05) is 19.1 Å². The predicted molar refractivity (Wildman–Crippen MR) is 93.2 cm³/mol. The highest BCUT2D eigenvalue weighted by atomic mass is 16.3. The summed E-state index contributed by atoms with van der Waals surface area (Å²) in [5, 5.41) is 15.0. The average molecular weight is 316 g/mol. The summed E-state index contributed by atoms with van der Waals surface area (Å²) >= 11 is 0. The van der Waals surface area contributed by atoms with Gasteiger partial charge in [-0.25, -0.2) is 4.79 Å². The van der Waals surface area contributed by atoms with E-state index in [-0.39, 0.29) is 30.6 Å². The number of rotatable bonds is 6. The Morgan fingerprint density at radius 3 is 2.48 bits per heavy atom. The molecule has 0 heterocycles. The van der Waals surface area contributed by atoms with Gasteiger partial charge in [0.05, 0.1) is 6.04 Å². The van der Waals surface area contributed by atoms with Crippen LogP contribution in [0.5, 0.6) is 0 Å². The van der Waals surface area contributed by atoms with Gasteiger partial charge in [-0.15, -0.1) is 0 Å². The van der Waals surface area contributed by atoms with E-state index in [4.69, 9.17) is 5.11 Å². The maximum Gasteiger partial charge on any atom is 0.315 e. The van der Waals surface area contributed by atoms with Crippen LogP contribution in [0.25, 0.3) is 0 Å². The zero-order valence-electron chi connectivity index (χ0n) is 14.3. The maximum atomic E-state index is 12.1. The van der Waals surface area contributed by atoms with Gasteiger partial charge in [0.15, 0.2) is 0 Å². The van der Waals surface area contributed by atoms with Crippen molar-refractivity contribution in [3.63, 3.8) is 0 Å². The Balaban J connectivity index is 1.82. The number of nitrogens with one attached hydrogen (secondary N) is 2. The standard InChI is InChI=1S/C19H28N2O2/c1-13(2)10-15-4-7-17(8-5-15)14(3)20-19(23)21-18-9-6-16(11-18)12-22/h4-9,13-14,16,18,22H,10-12H2,1-3H3,(H2,20,21,23)/t14?,16-,18+/m0/s1. The smallest absolute Gasteiger partial charge is 0.315 e. The molecule has 0 aliphatic heterocycles. The number of hydrogen-bond acceptors (Lipinski definition) is 2. The topological polar surface area (TPSA) is 61.4 Å². The summed E-state index contributed by atoms with van der Waals surface area (Å²) in [6.07, 6.45) is 5.75. The number of amides is 2. The molecular weight excluding hydrogens is 288 g/mol. The van der Waals surface area contributed by atoms with Crippen LogP contribution in [0.1, 0.15) is 44.4 Å². The van der Waals surface area contributed by atoms with Crippen LogP contribution in [-0.2, 0) is 6.42 Å². The number of aliphatic hydroxyl groups excluding tert-OH is 1. The van der Waals surface area contributed by atoms with Crippen molar-refractivity contribution in [2.45, 2.75) is 45.7 Å². The zero-order chi connectivity index (χ0) is 16.8. The number of benzene rings is 1. The fourth-order valence-electron chi connectivity index (χ4n) is 2.92. The molecule has 23 heavy (non-hydrogen) atoms. The highest BCUT2D eigenvalue weighted by Crippen LogP contribution is 2.18. The number of urea groups is 1. The van der Waals surface area contributed by atoms with Crippen LogP contribution < -0.4 is 10.6 Å². The lowest BCUT2D eigenvalue weighted by atomic mass is 10.00. The minimum Gasteiger partial charge on any atom is -0.396 e. The van der Waals surface area contributed by atoms with Gasteiger partial charge in [-0.3, -0.25) is 0 Å². The second-order valence-corrected chi connectivity index (χ2v) is 6.85.